The van der Waals surface area contributed by atoms with Gasteiger partial charge in [0.1, 0.15) is 12.6 Å². The standard InChI is InChI=1S/C37H49N3O6S/c1-25-17-19-30-28(22-25)36(5,6)32(39(30)9)15-13-16-33-37(7,8)29-23-27(47(43,44)45)18-20-31(29)40(33)21-12-10-11-14-26(41)24-38-34(42)46-35(2,3)4/h13,15-20,22-23H,10-12,14,21,24H2,1-9H3,(H-,38,42,43,44,45)/p+1. The Bertz CT molecular complexity index is 1760. The van der Waals surface area contributed by atoms with Gasteiger partial charge in [-0.2, -0.15) is 13.0 Å². The minimum atomic E-state index is -4.36. The predicted molar refractivity (Wildman–Crippen MR) is 187 cm³/mol. The van der Waals surface area contributed by atoms with Gasteiger partial charge in [0.2, 0.25) is 5.69 Å². The molecule has 0 aromatic heterocycles. The van der Waals surface area contributed by atoms with E-state index >= 15 is 0 Å². The van der Waals surface area contributed by atoms with E-state index in [1.807, 2.05) is 0 Å². The quantitative estimate of drug-likeness (QED) is 0.149. The van der Waals surface area contributed by atoms with Crippen LogP contribution in [-0.2, 0) is 30.5 Å². The Balaban J connectivity index is 1.51. The summed E-state index contributed by atoms with van der Waals surface area (Å²) in [5.41, 5.74) is 6.28. The normalized spacial score (nSPS) is 17.7. The average molecular weight is 665 g/mol. The number of allylic oxidation sites excluding steroid dienone is 4. The molecule has 0 saturated heterocycles. The van der Waals surface area contributed by atoms with Crippen LogP contribution in [0.15, 0.2) is 65.2 Å². The van der Waals surface area contributed by atoms with E-state index in [1.165, 1.54) is 28.6 Å². The Hall–Kier alpha value is -3.76. The van der Waals surface area contributed by atoms with Gasteiger partial charge in [-0.15, -0.1) is 0 Å². The number of anilines is 1. The molecular weight excluding hydrogens is 614 g/mol. The summed E-state index contributed by atoms with van der Waals surface area (Å²) in [6.07, 6.45) is 8.35. The van der Waals surface area contributed by atoms with Gasteiger partial charge in [-0.25, -0.2) is 4.79 Å². The van der Waals surface area contributed by atoms with Crippen molar-refractivity contribution < 1.29 is 31.9 Å². The number of unbranched alkanes of at least 4 members (excludes halogenated alkanes) is 2. The maximum absolute atomic E-state index is 12.4. The lowest BCUT2D eigenvalue weighted by atomic mass is 9.80. The lowest BCUT2D eigenvalue weighted by molar-refractivity contribution is -0.401. The molecule has 2 aromatic carbocycles. The third-order valence-corrected chi connectivity index (χ3v) is 9.87. The largest absolute Gasteiger partial charge is 0.444 e. The molecule has 0 saturated carbocycles. The fourth-order valence-corrected chi connectivity index (χ4v) is 7.09. The van der Waals surface area contributed by atoms with E-state index in [-0.39, 0.29) is 22.6 Å². The topological polar surface area (TPSA) is 116 Å². The molecule has 0 atom stereocenters. The van der Waals surface area contributed by atoms with Gasteiger partial charge in [0.05, 0.1) is 16.9 Å². The summed E-state index contributed by atoms with van der Waals surface area (Å²) in [4.78, 5) is 26.3. The van der Waals surface area contributed by atoms with Gasteiger partial charge >= 0.3 is 6.09 Å². The second-order valence-corrected chi connectivity index (χ2v) is 16.1. The molecule has 2 aromatic rings. The van der Waals surface area contributed by atoms with Crippen LogP contribution in [0.3, 0.4) is 0 Å². The van der Waals surface area contributed by atoms with E-state index in [1.54, 1.807) is 32.9 Å². The van der Waals surface area contributed by atoms with Crippen LogP contribution in [0, 0.1) is 6.92 Å². The number of alkyl carbamates (subject to hydrolysis) is 1. The molecule has 1 amide bonds. The molecule has 4 rings (SSSR count). The number of rotatable bonds is 11. The minimum absolute atomic E-state index is 0.0541. The molecule has 10 heteroatoms. The summed E-state index contributed by atoms with van der Waals surface area (Å²) in [7, 11) is -2.27. The summed E-state index contributed by atoms with van der Waals surface area (Å²) in [5, 5.41) is 2.52. The van der Waals surface area contributed by atoms with Crippen LogP contribution in [0.5, 0.6) is 0 Å². The molecule has 2 aliphatic heterocycles. The van der Waals surface area contributed by atoms with E-state index in [0.29, 0.717) is 19.4 Å². The highest BCUT2D eigenvalue weighted by Crippen LogP contribution is 2.48. The zero-order chi connectivity index (χ0) is 34.9. The fraction of sp³-hybridized carbons (Fsp3) is 0.486. The predicted octanol–water partition coefficient (Wildman–Crippen LogP) is 7.14. The fourth-order valence-electron chi connectivity index (χ4n) is 6.58. The summed E-state index contributed by atoms with van der Waals surface area (Å²) in [6.45, 7) is 16.6. The molecule has 0 fully saturated rings. The first kappa shape index (κ1) is 36.1. The van der Waals surface area contributed by atoms with Crippen LogP contribution in [0.25, 0.3) is 0 Å². The first-order valence-corrected chi connectivity index (χ1v) is 17.7. The summed E-state index contributed by atoms with van der Waals surface area (Å²) in [5.74, 6) is -0.0541. The third kappa shape index (κ3) is 8.04. The maximum Gasteiger partial charge on any atom is 0.408 e. The van der Waals surface area contributed by atoms with Gasteiger partial charge in [-0.3, -0.25) is 9.35 Å². The Morgan fingerprint density at radius 2 is 1.70 bits per heavy atom. The maximum atomic E-state index is 12.4. The van der Waals surface area contributed by atoms with Gasteiger partial charge in [0.15, 0.2) is 11.5 Å². The molecular formula is C37H50N3O6S+. The Morgan fingerprint density at radius 1 is 1.00 bits per heavy atom. The van der Waals surface area contributed by atoms with E-state index in [2.05, 4.69) is 92.9 Å². The lowest BCUT2D eigenvalue weighted by Crippen LogP contribution is -2.35. The van der Waals surface area contributed by atoms with Crippen molar-refractivity contribution in [1.82, 2.24) is 5.32 Å². The molecule has 0 bridgehead atoms. The van der Waals surface area contributed by atoms with Crippen molar-refractivity contribution in [2.75, 3.05) is 25.0 Å². The van der Waals surface area contributed by atoms with Crippen molar-refractivity contribution in [3.8, 4) is 0 Å². The lowest BCUT2D eigenvalue weighted by Gasteiger charge is -2.27. The number of carbonyl (C=O) groups excluding carboxylic acids is 2. The molecule has 0 radical (unpaired) electrons. The first-order valence-electron chi connectivity index (χ1n) is 16.2. The van der Waals surface area contributed by atoms with Crippen molar-refractivity contribution in [3.05, 3.63) is 77.0 Å². The zero-order valence-electron chi connectivity index (χ0n) is 29.2. The van der Waals surface area contributed by atoms with Crippen molar-refractivity contribution in [3.63, 3.8) is 0 Å². The van der Waals surface area contributed by atoms with Gasteiger partial charge in [0, 0.05) is 47.5 Å². The van der Waals surface area contributed by atoms with Crippen molar-refractivity contribution in [1.29, 1.82) is 0 Å². The molecule has 2 heterocycles. The second-order valence-electron chi connectivity index (χ2n) is 14.6. The second kappa shape index (κ2) is 13.4. The number of ether oxygens (including phenoxy) is 1. The van der Waals surface area contributed by atoms with Crippen molar-refractivity contribution in [2.45, 2.75) is 102 Å². The summed E-state index contributed by atoms with van der Waals surface area (Å²) < 4.78 is 41.3. The number of amides is 1. The Labute approximate surface area is 280 Å². The van der Waals surface area contributed by atoms with Crippen LogP contribution < -0.4 is 10.2 Å². The average Bonchev–Trinajstić information content (AvgIpc) is 3.28. The van der Waals surface area contributed by atoms with Gasteiger partial charge in [-0.05, 0) is 90.3 Å². The molecule has 0 spiro atoms. The Kier molecular flexibility index (Phi) is 10.3. The highest BCUT2D eigenvalue weighted by atomic mass is 32.2. The van der Waals surface area contributed by atoms with E-state index in [0.717, 1.165) is 29.8 Å². The van der Waals surface area contributed by atoms with E-state index in [4.69, 9.17) is 4.74 Å². The number of benzene rings is 2. The molecule has 2 aliphatic rings. The number of hydrogen-bond donors (Lipinski definition) is 2. The number of ketones is 1. The number of hydrogen-bond acceptors (Lipinski definition) is 6. The number of nitrogens with zero attached hydrogens (tertiary/aromatic N) is 2. The zero-order valence-corrected chi connectivity index (χ0v) is 30.0. The molecule has 0 aliphatic carbocycles. The van der Waals surface area contributed by atoms with Crippen molar-refractivity contribution >= 4 is 39.1 Å². The molecule has 0 unspecified atom stereocenters. The minimum Gasteiger partial charge on any atom is -0.444 e. The summed E-state index contributed by atoms with van der Waals surface area (Å²) >= 11 is 0. The van der Waals surface area contributed by atoms with Crippen LogP contribution in [0.4, 0.5) is 16.2 Å². The number of nitrogens with one attached hydrogen (secondary N) is 1. The van der Waals surface area contributed by atoms with Gasteiger partial charge in [-0.1, -0.05) is 38.0 Å². The molecule has 2 N–H and O–H groups in total. The van der Waals surface area contributed by atoms with Crippen LogP contribution in [0.2, 0.25) is 0 Å². The van der Waals surface area contributed by atoms with E-state index in [9.17, 15) is 22.6 Å². The summed E-state index contributed by atoms with van der Waals surface area (Å²) in [6, 6.07) is 11.3. The van der Waals surface area contributed by atoms with Crippen LogP contribution in [0.1, 0.15) is 90.8 Å². The monoisotopic (exact) mass is 664 g/mol. The van der Waals surface area contributed by atoms with Crippen LogP contribution >= 0.6 is 0 Å². The molecule has 9 nitrogen and oxygen atoms in total. The first-order chi connectivity index (χ1) is 21.7. The van der Waals surface area contributed by atoms with E-state index < -0.39 is 27.2 Å². The van der Waals surface area contributed by atoms with Gasteiger partial charge in [0.25, 0.3) is 10.1 Å². The van der Waals surface area contributed by atoms with Crippen molar-refractivity contribution in [2.24, 2.45) is 0 Å². The van der Waals surface area contributed by atoms with Crippen LogP contribution in [-0.4, -0.2) is 60.9 Å². The van der Waals surface area contributed by atoms with Gasteiger partial charge < -0.3 is 15.0 Å². The number of Topliss-reactive ketones (excluding diaryl/α,β-unsaturated/α-hetero) is 1. The smallest absolute Gasteiger partial charge is 0.408 e. The SMILES string of the molecule is Cc1ccc2c(c1)C(C)(C)C(/C=C/C=C1/N(CCCCCC(=O)CNC(=O)OC(C)(C)C)c3ccc(S(=O)(=O)O)cc3C1(C)C)=[N+]2C. The molecule has 47 heavy (non-hydrogen) atoms. The number of aryl methyl sites for hydroxylation is 1. The number of fused-ring (bicyclic) bond motifs is 2. The molecule has 254 valence electrons. The number of carbonyl (C=O) groups is 2. The highest BCUT2D eigenvalue weighted by molar-refractivity contribution is 7.85. The Morgan fingerprint density at radius 3 is 2.36 bits per heavy atom. The third-order valence-electron chi connectivity index (χ3n) is 9.02. The highest BCUT2D eigenvalue weighted by Gasteiger charge is 2.43.